The van der Waals surface area contributed by atoms with Crippen molar-refractivity contribution < 1.29 is 9.53 Å². The quantitative estimate of drug-likeness (QED) is 0.731. The molecule has 1 saturated heterocycles. The van der Waals surface area contributed by atoms with E-state index in [1.54, 1.807) is 0 Å². The lowest BCUT2D eigenvalue weighted by molar-refractivity contribution is 0.0214. The van der Waals surface area contributed by atoms with E-state index in [1.165, 1.54) is 16.3 Å². The SMILES string of the molecule is CC1(C)C[C@H](Cc2ccc3ccccc3c2)N(C(=O)OC(C)(C)C)C1. The Balaban J connectivity index is 1.81. The first kappa shape index (κ1) is 17.8. The summed E-state index contributed by atoms with van der Waals surface area (Å²) >= 11 is 0. The van der Waals surface area contributed by atoms with Crippen LogP contribution in [-0.2, 0) is 11.2 Å². The molecule has 3 rings (SSSR count). The third-order valence-corrected chi connectivity index (χ3v) is 4.74. The number of benzene rings is 2. The van der Waals surface area contributed by atoms with Crippen LogP contribution < -0.4 is 0 Å². The van der Waals surface area contributed by atoms with E-state index >= 15 is 0 Å². The zero-order chi connectivity index (χ0) is 18.2. The van der Waals surface area contributed by atoms with Crippen LogP contribution in [0.5, 0.6) is 0 Å². The van der Waals surface area contributed by atoms with Crippen molar-refractivity contribution in [2.45, 2.75) is 59.1 Å². The van der Waals surface area contributed by atoms with Gasteiger partial charge in [-0.05, 0) is 55.4 Å². The van der Waals surface area contributed by atoms with E-state index in [0.29, 0.717) is 0 Å². The summed E-state index contributed by atoms with van der Waals surface area (Å²) in [6.07, 6.45) is 1.68. The van der Waals surface area contributed by atoms with Crippen molar-refractivity contribution in [1.82, 2.24) is 4.90 Å². The number of likely N-dealkylation sites (tertiary alicyclic amines) is 1. The van der Waals surface area contributed by atoms with Crippen LogP contribution >= 0.6 is 0 Å². The Morgan fingerprint density at radius 2 is 1.84 bits per heavy atom. The Morgan fingerprint density at radius 3 is 2.52 bits per heavy atom. The van der Waals surface area contributed by atoms with Crippen molar-refractivity contribution in [3.63, 3.8) is 0 Å². The number of nitrogens with zero attached hydrogens (tertiary/aromatic N) is 1. The summed E-state index contributed by atoms with van der Waals surface area (Å²) in [5, 5.41) is 2.50. The van der Waals surface area contributed by atoms with Crippen molar-refractivity contribution in [2.24, 2.45) is 5.41 Å². The third-order valence-electron chi connectivity index (χ3n) is 4.74. The minimum atomic E-state index is -0.461. The van der Waals surface area contributed by atoms with E-state index in [0.717, 1.165) is 19.4 Å². The lowest BCUT2D eigenvalue weighted by Crippen LogP contribution is -2.41. The van der Waals surface area contributed by atoms with Gasteiger partial charge in [0.2, 0.25) is 0 Å². The van der Waals surface area contributed by atoms with Crippen LogP contribution in [-0.4, -0.2) is 29.2 Å². The summed E-state index contributed by atoms with van der Waals surface area (Å²) in [5.74, 6) is 0. The average molecular weight is 339 g/mol. The summed E-state index contributed by atoms with van der Waals surface area (Å²) in [4.78, 5) is 14.6. The lowest BCUT2D eigenvalue weighted by atomic mass is 9.89. The van der Waals surface area contributed by atoms with E-state index in [-0.39, 0.29) is 17.6 Å². The first-order chi connectivity index (χ1) is 11.6. The van der Waals surface area contributed by atoms with Gasteiger partial charge >= 0.3 is 6.09 Å². The Labute approximate surface area is 151 Å². The second-order valence-corrected chi connectivity index (χ2v) is 9.02. The van der Waals surface area contributed by atoms with Crippen molar-refractivity contribution >= 4 is 16.9 Å². The molecule has 3 heteroatoms. The van der Waals surface area contributed by atoms with Gasteiger partial charge in [-0.25, -0.2) is 4.79 Å². The molecule has 0 spiro atoms. The van der Waals surface area contributed by atoms with Crippen molar-refractivity contribution in [2.75, 3.05) is 6.54 Å². The second-order valence-electron chi connectivity index (χ2n) is 9.02. The number of fused-ring (bicyclic) bond motifs is 1. The van der Waals surface area contributed by atoms with Crippen LogP contribution in [0.3, 0.4) is 0 Å². The number of carbonyl (C=O) groups is 1. The second kappa shape index (κ2) is 6.36. The van der Waals surface area contributed by atoms with Gasteiger partial charge in [0.25, 0.3) is 0 Å². The van der Waals surface area contributed by atoms with Crippen LogP contribution in [0, 0.1) is 5.41 Å². The molecule has 2 aromatic carbocycles. The van der Waals surface area contributed by atoms with Crippen LogP contribution in [0.4, 0.5) is 4.79 Å². The monoisotopic (exact) mass is 339 g/mol. The molecule has 3 nitrogen and oxygen atoms in total. The summed E-state index contributed by atoms with van der Waals surface area (Å²) in [6, 6.07) is 15.2. The van der Waals surface area contributed by atoms with Crippen molar-refractivity contribution in [3.8, 4) is 0 Å². The highest BCUT2D eigenvalue weighted by Gasteiger charge is 2.41. The summed E-state index contributed by atoms with van der Waals surface area (Å²) in [6.45, 7) is 11.0. The average Bonchev–Trinajstić information content (AvgIpc) is 2.80. The maximum atomic E-state index is 12.7. The zero-order valence-electron chi connectivity index (χ0n) is 16.0. The highest BCUT2D eigenvalue weighted by Crippen LogP contribution is 2.36. The molecule has 0 aromatic heterocycles. The molecule has 0 N–H and O–H groups in total. The highest BCUT2D eigenvalue weighted by atomic mass is 16.6. The molecule has 1 aliphatic heterocycles. The fraction of sp³-hybridized carbons (Fsp3) is 0.500. The Morgan fingerprint density at radius 1 is 1.16 bits per heavy atom. The standard InChI is InChI=1S/C22H29NO2/c1-21(2,3)25-20(24)23-15-22(4,5)14-19(23)13-16-10-11-17-8-6-7-9-18(17)12-16/h6-12,19H,13-15H2,1-5H3/t19-/m0/s1. The van der Waals surface area contributed by atoms with Crippen LogP contribution in [0.2, 0.25) is 0 Å². The van der Waals surface area contributed by atoms with E-state index < -0.39 is 5.60 Å². The third kappa shape index (κ3) is 4.33. The molecule has 2 aromatic rings. The van der Waals surface area contributed by atoms with Gasteiger partial charge in [0.05, 0.1) is 0 Å². The predicted octanol–water partition coefficient (Wildman–Crippen LogP) is 5.42. The first-order valence-corrected chi connectivity index (χ1v) is 9.10. The van der Waals surface area contributed by atoms with Gasteiger partial charge in [-0.3, -0.25) is 0 Å². The van der Waals surface area contributed by atoms with E-state index in [1.807, 2.05) is 25.7 Å². The topological polar surface area (TPSA) is 29.5 Å². The maximum absolute atomic E-state index is 12.7. The van der Waals surface area contributed by atoms with Crippen LogP contribution in [0.25, 0.3) is 10.8 Å². The summed E-state index contributed by atoms with van der Waals surface area (Å²) in [5.41, 5.74) is 0.936. The largest absolute Gasteiger partial charge is 0.444 e. The van der Waals surface area contributed by atoms with E-state index in [4.69, 9.17) is 4.74 Å². The number of hydrogen-bond donors (Lipinski definition) is 0. The molecule has 1 aliphatic rings. The minimum Gasteiger partial charge on any atom is -0.444 e. The first-order valence-electron chi connectivity index (χ1n) is 9.10. The van der Waals surface area contributed by atoms with Gasteiger partial charge in [0, 0.05) is 12.6 Å². The van der Waals surface area contributed by atoms with E-state index in [2.05, 4.69) is 56.3 Å². The summed E-state index contributed by atoms with van der Waals surface area (Å²) < 4.78 is 5.64. The van der Waals surface area contributed by atoms with Gasteiger partial charge in [-0.2, -0.15) is 0 Å². The summed E-state index contributed by atoms with van der Waals surface area (Å²) in [7, 11) is 0. The molecule has 0 bridgehead atoms. The minimum absolute atomic E-state index is 0.123. The highest BCUT2D eigenvalue weighted by molar-refractivity contribution is 5.83. The molecule has 1 fully saturated rings. The van der Waals surface area contributed by atoms with Crippen LogP contribution in [0.15, 0.2) is 42.5 Å². The number of rotatable bonds is 2. The van der Waals surface area contributed by atoms with Gasteiger partial charge < -0.3 is 9.64 Å². The molecular formula is C22H29NO2. The molecular weight excluding hydrogens is 310 g/mol. The molecule has 134 valence electrons. The predicted molar refractivity (Wildman–Crippen MR) is 103 cm³/mol. The van der Waals surface area contributed by atoms with Gasteiger partial charge in [-0.15, -0.1) is 0 Å². The van der Waals surface area contributed by atoms with Crippen molar-refractivity contribution in [3.05, 3.63) is 48.0 Å². The number of ether oxygens (including phenoxy) is 1. The van der Waals surface area contributed by atoms with Gasteiger partial charge in [-0.1, -0.05) is 56.3 Å². The number of hydrogen-bond acceptors (Lipinski definition) is 2. The smallest absolute Gasteiger partial charge is 0.410 e. The fourth-order valence-electron chi connectivity index (χ4n) is 3.76. The van der Waals surface area contributed by atoms with E-state index in [9.17, 15) is 4.79 Å². The molecule has 0 radical (unpaired) electrons. The molecule has 25 heavy (non-hydrogen) atoms. The van der Waals surface area contributed by atoms with Gasteiger partial charge in [0.15, 0.2) is 0 Å². The Bertz CT molecular complexity index is 773. The lowest BCUT2D eigenvalue weighted by Gasteiger charge is -2.29. The molecule has 1 amide bonds. The normalized spacial score (nSPS) is 20.0. The Hall–Kier alpha value is -2.03. The maximum Gasteiger partial charge on any atom is 0.410 e. The number of carbonyl (C=O) groups excluding carboxylic acids is 1. The number of amides is 1. The molecule has 1 heterocycles. The fourth-order valence-corrected chi connectivity index (χ4v) is 3.76. The molecule has 0 aliphatic carbocycles. The molecule has 1 atom stereocenters. The zero-order valence-corrected chi connectivity index (χ0v) is 16.0. The Kier molecular flexibility index (Phi) is 4.52. The van der Waals surface area contributed by atoms with Crippen molar-refractivity contribution in [1.29, 1.82) is 0 Å². The molecule has 0 unspecified atom stereocenters. The van der Waals surface area contributed by atoms with Crippen LogP contribution in [0.1, 0.15) is 46.6 Å². The van der Waals surface area contributed by atoms with Gasteiger partial charge in [0.1, 0.15) is 5.60 Å². The molecule has 0 saturated carbocycles.